The minimum absolute atomic E-state index is 0.0705. The molecule has 0 radical (unpaired) electrons. The number of rotatable bonds is 7. The van der Waals surface area contributed by atoms with Gasteiger partial charge in [0.15, 0.2) is 9.84 Å². The molecule has 340 valence electrons. The molecule has 7 rings (SSSR count). The molecule has 4 saturated carbocycles. The van der Waals surface area contributed by atoms with Crippen LogP contribution in [0.1, 0.15) is 142 Å². The lowest BCUT2D eigenvalue weighted by atomic mass is 9.36. The second-order valence-corrected chi connectivity index (χ2v) is 20.9. The number of carbonyl (C=O) groups excluding carboxylic acids is 1. The van der Waals surface area contributed by atoms with Gasteiger partial charge in [-0.2, -0.15) is 0 Å². The molecular formula is C52H79FN2O5S. The number of carboxylic acids is 1. The standard InChI is InChI=1S/C33H45FO2.C8H16N2O3S.C3H6.C2H6.3C2H2/c1-30(2)23(20-8-9-22(29(35)36)26(34)19-20)13-17-33(5)27(30)14-18-32(4)25-12-16-31(3)15-6-7-24(31)21(25)10-11-28(32)33;11-8-9-2-1-3-10-4-6-14(12,13)7-5-10;1-3-2;4*1-2/h8-9,13,19,21,24-25,27-28H,6-7,10-12,14-18H2,1-5H3,(H,35,36);8H,1-7H2,(H,9,11);3H,1H2,2H3;1-2H3;3*1-2H/t21-,24?,25?,27?,28?,31-,32+,33+;;;;;;/m1....../s1. The molecule has 0 bridgehead atoms. The van der Waals surface area contributed by atoms with Crippen molar-refractivity contribution in [3.63, 3.8) is 0 Å². The molecule has 8 atom stereocenters. The van der Waals surface area contributed by atoms with E-state index in [2.05, 4.69) is 96.0 Å². The number of carboxylic acid groups (broad SMARTS) is 1. The van der Waals surface area contributed by atoms with Crippen molar-refractivity contribution in [3.8, 4) is 38.5 Å². The van der Waals surface area contributed by atoms with Crippen molar-refractivity contribution >= 4 is 27.8 Å². The topological polar surface area (TPSA) is 104 Å². The van der Waals surface area contributed by atoms with E-state index >= 15 is 0 Å². The highest BCUT2D eigenvalue weighted by Gasteiger charge is 2.64. The largest absolute Gasteiger partial charge is 0.478 e. The first kappa shape index (κ1) is 55.2. The second-order valence-electron chi connectivity index (χ2n) is 18.6. The van der Waals surface area contributed by atoms with Gasteiger partial charge in [0.1, 0.15) is 5.82 Å². The summed E-state index contributed by atoms with van der Waals surface area (Å²) in [5.74, 6) is 2.80. The SMILES string of the molecule is C#C.C#C.C#C.C=CC.CC.CC1(C)C(c2ccc(C(=O)O)c(F)c2)=CC[C@@]2(C)C1CC[C@@]1(C)C3CC[C@@]4(C)CCCC4[C@H]3CCC12.O=CNCCCN1CCS(=O)(=O)CC1. The van der Waals surface area contributed by atoms with Crippen molar-refractivity contribution in [2.24, 2.45) is 51.2 Å². The molecule has 4 unspecified atom stereocenters. The fraction of sp³-hybridized carbons (Fsp3) is 0.654. The summed E-state index contributed by atoms with van der Waals surface area (Å²) in [6.07, 6.45) is 43.4. The quantitative estimate of drug-likeness (QED) is 0.122. The number of fused-ring (bicyclic) bond motifs is 7. The summed E-state index contributed by atoms with van der Waals surface area (Å²) in [4.78, 5) is 23.4. The van der Waals surface area contributed by atoms with E-state index in [0.717, 1.165) is 48.6 Å². The van der Waals surface area contributed by atoms with Gasteiger partial charge in [-0.1, -0.05) is 73.1 Å². The zero-order valence-corrected chi connectivity index (χ0v) is 39.7. The van der Waals surface area contributed by atoms with Crippen LogP contribution in [0.15, 0.2) is 36.9 Å². The van der Waals surface area contributed by atoms with Gasteiger partial charge in [-0.15, -0.1) is 45.1 Å². The van der Waals surface area contributed by atoms with Gasteiger partial charge in [-0.3, -0.25) is 4.79 Å². The van der Waals surface area contributed by atoms with E-state index in [1.807, 2.05) is 26.8 Å². The zero-order valence-electron chi connectivity index (χ0n) is 38.9. The minimum atomic E-state index is -2.76. The average Bonchev–Trinajstić information content (AvgIpc) is 3.65. The predicted molar refractivity (Wildman–Crippen MR) is 254 cm³/mol. The zero-order chi connectivity index (χ0) is 46.8. The van der Waals surface area contributed by atoms with Gasteiger partial charge in [0.2, 0.25) is 6.41 Å². The molecular weight excluding hydrogens is 784 g/mol. The molecule has 0 spiro atoms. The number of nitrogens with one attached hydrogen (secondary N) is 1. The Morgan fingerprint density at radius 1 is 0.902 bits per heavy atom. The first-order valence-corrected chi connectivity index (χ1v) is 24.2. The molecule has 9 heteroatoms. The Hall–Kier alpha value is -3.84. The Balaban J connectivity index is 0.000000622. The van der Waals surface area contributed by atoms with Crippen LogP contribution < -0.4 is 5.32 Å². The number of benzene rings is 1. The summed E-state index contributed by atoms with van der Waals surface area (Å²) in [5.41, 5.74) is 3.07. The van der Waals surface area contributed by atoms with E-state index in [9.17, 15) is 27.5 Å². The van der Waals surface area contributed by atoms with Crippen molar-refractivity contribution in [1.82, 2.24) is 10.2 Å². The summed E-state index contributed by atoms with van der Waals surface area (Å²) >= 11 is 0. The van der Waals surface area contributed by atoms with Gasteiger partial charge >= 0.3 is 5.97 Å². The Bertz CT molecular complexity index is 1750. The molecule has 1 aromatic rings. The molecule has 7 nitrogen and oxygen atoms in total. The van der Waals surface area contributed by atoms with E-state index in [0.29, 0.717) is 42.8 Å². The lowest BCUT2D eigenvalue weighted by Crippen LogP contribution is -2.60. The number of allylic oxidation sites excluding steroid dienone is 3. The summed E-state index contributed by atoms with van der Waals surface area (Å²) in [6.45, 7) is 24.6. The molecule has 5 aliphatic carbocycles. The highest BCUT2D eigenvalue weighted by atomic mass is 32.2. The van der Waals surface area contributed by atoms with Gasteiger partial charge < -0.3 is 15.3 Å². The lowest BCUT2D eigenvalue weighted by Gasteiger charge is -2.68. The number of amides is 1. The third kappa shape index (κ3) is 12.4. The summed E-state index contributed by atoms with van der Waals surface area (Å²) < 4.78 is 36.8. The molecule has 1 aliphatic heterocycles. The smallest absolute Gasteiger partial charge is 0.338 e. The van der Waals surface area contributed by atoms with Crippen molar-refractivity contribution in [3.05, 3.63) is 53.9 Å². The molecule has 5 fully saturated rings. The maximum absolute atomic E-state index is 14.7. The Morgan fingerprint density at radius 3 is 2.07 bits per heavy atom. The van der Waals surface area contributed by atoms with E-state index in [1.165, 1.54) is 75.5 Å². The maximum Gasteiger partial charge on any atom is 0.338 e. The minimum Gasteiger partial charge on any atom is -0.478 e. The number of hydrogen-bond acceptors (Lipinski definition) is 5. The number of nitrogens with zero attached hydrogens (tertiary/aromatic N) is 1. The van der Waals surface area contributed by atoms with Gasteiger partial charge in [-0.05, 0) is 152 Å². The summed E-state index contributed by atoms with van der Waals surface area (Å²) in [6, 6.07) is 4.72. The molecule has 1 amide bonds. The molecule has 0 aromatic heterocycles. The monoisotopic (exact) mass is 863 g/mol. The number of hydrogen-bond donors (Lipinski definition) is 2. The van der Waals surface area contributed by atoms with Crippen LogP contribution in [0.4, 0.5) is 4.39 Å². The van der Waals surface area contributed by atoms with Gasteiger partial charge in [0, 0.05) is 19.6 Å². The van der Waals surface area contributed by atoms with E-state index in [4.69, 9.17) is 0 Å². The summed E-state index contributed by atoms with van der Waals surface area (Å²) in [7, 11) is -2.76. The lowest BCUT2D eigenvalue weighted by molar-refractivity contribution is -0.176. The Morgan fingerprint density at radius 2 is 1.51 bits per heavy atom. The maximum atomic E-state index is 14.7. The number of terminal acetylenes is 3. The van der Waals surface area contributed by atoms with E-state index in [-0.39, 0.29) is 27.9 Å². The molecule has 1 saturated heterocycles. The van der Waals surface area contributed by atoms with E-state index < -0.39 is 21.6 Å². The number of carbonyl (C=O) groups is 2. The molecule has 2 N–H and O–H groups in total. The van der Waals surface area contributed by atoms with Gasteiger partial charge in [-0.25, -0.2) is 17.6 Å². The normalized spacial score (nSPS) is 32.0. The number of halogens is 1. The van der Waals surface area contributed by atoms with Crippen molar-refractivity contribution in [2.45, 2.75) is 126 Å². The van der Waals surface area contributed by atoms with Crippen LogP contribution in [0.25, 0.3) is 5.57 Å². The van der Waals surface area contributed by atoms with Crippen molar-refractivity contribution < 1.29 is 27.5 Å². The van der Waals surface area contributed by atoms with Crippen LogP contribution in [0.5, 0.6) is 0 Å². The van der Waals surface area contributed by atoms with Gasteiger partial charge in [0.05, 0.1) is 17.1 Å². The van der Waals surface area contributed by atoms with Crippen LogP contribution in [0.2, 0.25) is 0 Å². The third-order valence-corrected chi connectivity index (χ3v) is 17.0. The molecule has 1 aromatic carbocycles. The van der Waals surface area contributed by atoms with Crippen LogP contribution in [-0.4, -0.2) is 68.5 Å². The number of aromatic carboxylic acids is 1. The van der Waals surface area contributed by atoms with Gasteiger partial charge in [0.25, 0.3) is 0 Å². The predicted octanol–water partition coefficient (Wildman–Crippen LogP) is 10.8. The fourth-order valence-corrected chi connectivity index (χ4v) is 14.2. The molecule has 61 heavy (non-hydrogen) atoms. The van der Waals surface area contributed by atoms with Crippen LogP contribution in [0, 0.1) is 95.6 Å². The number of sulfone groups is 1. The second kappa shape index (κ2) is 24.7. The van der Waals surface area contributed by atoms with Crippen LogP contribution in [-0.2, 0) is 14.6 Å². The fourth-order valence-electron chi connectivity index (χ4n) is 12.9. The Labute approximate surface area is 371 Å². The van der Waals surface area contributed by atoms with E-state index in [1.54, 1.807) is 6.08 Å². The van der Waals surface area contributed by atoms with Crippen molar-refractivity contribution in [2.75, 3.05) is 37.7 Å². The third-order valence-electron chi connectivity index (χ3n) is 15.4. The highest BCUT2D eigenvalue weighted by Crippen LogP contribution is 2.73. The summed E-state index contributed by atoms with van der Waals surface area (Å²) in [5, 5.41) is 11.9. The van der Waals surface area contributed by atoms with Crippen molar-refractivity contribution in [1.29, 1.82) is 0 Å². The average molecular weight is 863 g/mol. The van der Waals surface area contributed by atoms with Crippen LogP contribution in [0.3, 0.4) is 0 Å². The molecule has 6 aliphatic rings. The first-order chi connectivity index (χ1) is 29.0. The highest BCUT2D eigenvalue weighted by molar-refractivity contribution is 7.91. The molecule has 1 heterocycles. The Kier molecular flexibility index (Phi) is 22.4. The van der Waals surface area contributed by atoms with Crippen LogP contribution >= 0.6 is 0 Å². The first-order valence-electron chi connectivity index (χ1n) is 22.4.